The van der Waals surface area contributed by atoms with E-state index >= 15 is 0 Å². The van der Waals surface area contributed by atoms with Gasteiger partial charge in [0.05, 0.1) is 16.2 Å². The third-order valence-electron chi connectivity index (χ3n) is 2.44. The van der Waals surface area contributed by atoms with E-state index in [1.54, 1.807) is 12.1 Å². The first-order chi connectivity index (χ1) is 8.58. The number of rotatable bonds is 1. The number of hydrogen-bond acceptors (Lipinski definition) is 5. The molecule has 1 N–H and O–H groups in total. The van der Waals surface area contributed by atoms with Crippen LogP contribution < -0.4 is 5.32 Å². The van der Waals surface area contributed by atoms with E-state index in [0.29, 0.717) is 5.56 Å². The van der Waals surface area contributed by atoms with Crippen molar-refractivity contribution in [2.24, 2.45) is 0 Å². The summed E-state index contributed by atoms with van der Waals surface area (Å²) < 4.78 is 0. The van der Waals surface area contributed by atoms with Crippen LogP contribution in [0.3, 0.4) is 0 Å². The Morgan fingerprint density at radius 1 is 1.28 bits per heavy atom. The molecule has 1 amide bonds. The molecule has 7 nitrogen and oxygen atoms in total. The second kappa shape index (κ2) is 4.00. The van der Waals surface area contributed by atoms with Gasteiger partial charge in [-0.1, -0.05) is 0 Å². The van der Waals surface area contributed by atoms with Crippen molar-refractivity contribution in [2.75, 3.05) is 0 Å². The van der Waals surface area contributed by atoms with Crippen LogP contribution in [0.25, 0.3) is 5.70 Å². The van der Waals surface area contributed by atoms with Gasteiger partial charge in [0.25, 0.3) is 11.6 Å². The Balaban J connectivity index is 2.68. The monoisotopic (exact) mass is 240 g/mol. The Labute approximate surface area is 101 Å². The molecule has 0 saturated heterocycles. The maximum absolute atomic E-state index is 11.6. The molecule has 0 saturated carbocycles. The van der Waals surface area contributed by atoms with Crippen LogP contribution in [-0.4, -0.2) is 10.8 Å². The van der Waals surface area contributed by atoms with Gasteiger partial charge in [0, 0.05) is 17.7 Å². The SMILES string of the molecule is N#CC(C#N)=C1NC(=O)c2cc([N+](=O)[O-])ccc21. The van der Waals surface area contributed by atoms with Crippen molar-refractivity contribution < 1.29 is 9.72 Å². The quantitative estimate of drug-likeness (QED) is 0.447. The zero-order valence-electron chi connectivity index (χ0n) is 8.80. The standard InChI is InChI=1S/C11H4N4O3/c12-4-6(5-13)10-8-2-1-7(15(17)18)3-9(8)11(16)14-10/h1-3H,(H,14,16). The number of nitro groups is 1. The highest BCUT2D eigenvalue weighted by molar-refractivity contribution is 6.10. The lowest BCUT2D eigenvalue weighted by Crippen LogP contribution is -2.13. The second-order valence-electron chi connectivity index (χ2n) is 3.41. The fourth-order valence-electron chi connectivity index (χ4n) is 1.63. The van der Waals surface area contributed by atoms with Crippen molar-refractivity contribution in [3.05, 3.63) is 45.0 Å². The number of carbonyl (C=O) groups excluding carboxylic acids is 1. The average molecular weight is 240 g/mol. The molecule has 1 heterocycles. The molecular formula is C11H4N4O3. The van der Waals surface area contributed by atoms with Gasteiger partial charge in [0.2, 0.25) is 0 Å². The maximum Gasteiger partial charge on any atom is 0.270 e. The smallest absolute Gasteiger partial charge is 0.270 e. The fraction of sp³-hybridized carbons (Fsp3) is 0. The number of allylic oxidation sites excluding steroid dienone is 1. The van der Waals surface area contributed by atoms with Gasteiger partial charge in [-0.25, -0.2) is 0 Å². The molecule has 1 aliphatic rings. The molecule has 1 aromatic carbocycles. The number of fused-ring (bicyclic) bond motifs is 1. The number of nitriles is 2. The predicted molar refractivity (Wildman–Crippen MR) is 58.7 cm³/mol. The number of nitro benzene ring substituents is 1. The number of amides is 1. The molecule has 86 valence electrons. The van der Waals surface area contributed by atoms with Crippen molar-refractivity contribution in [3.8, 4) is 12.1 Å². The molecule has 0 aromatic heterocycles. The minimum Gasteiger partial charge on any atom is -0.320 e. The number of benzene rings is 1. The van der Waals surface area contributed by atoms with Gasteiger partial charge in [0.15, 0.2) is 5.57 Å². The van der Waals surface area contributed by atoms with E-state index < -0.39 is 10.8 Å². The minimum atomic E-state index is -0.620. The molecule has 2 rings (SSSR count). The molecule has 18 heavy (non-hydrogen) atoms. The number of hydrogen-bond donors (Lipinski definition) is 1. The molecule has 7 heteroatoms. The summed E-state index contributed by atoms with van der Waals surface area (Å²) in [5.74, 6) is -0.563. The largest absolute Gasteiger partial charge is 0.320 e. The highest BCUT2D eigenvalue weighted by atomic mass is 16.6. The Hall–Kier alpha value is -3.19. The van der Waals surface area contributed by atoms with Gasteiger partial charge in [0.1, 0.15) is 12.1 Å². The summed E-state index contributed by atoms with van der Waals surface area (Å²) in [5.41, 5.74) is 0.0392. The first-order valence-corrected chi connectivity index (χ1v) is 4.73. The van der Waals surface area contributed by atoms with Gasteiger partial charge in [-0.3, -0.25) is 14.9 Å². The van der Waals surface area contributed by atoms with E-state index in [4.69, 9.17) is 10.5 Å². The normalized spacial score (nSPS) is 12.1. The zero-order chi connectivity index (χ0) is 13.3. The average Bonchev–Trinajstić information content (AvgIpc) is 2.68. The Morgan fingerprint density at radius 2 is 1.94 bits per heavy atom. The van der Waals surface area contributed by atoms with Gasteiger partial charge in [-0.05, 0) is 6.07 Å². The van der Waals surface area contributed by atoms with Gasteiger partial charge >= 0.3 is 0 Å². The van der Waals surface area contributed by atoms with Gasteiger partial charge in [-0.2, -0.15) is 10.5 Å². The first kappa shape index (κ1) is 11.3. The lowest BCUT2D eigenvalue weighted by molar-refractivity contribution is -0.384. The van der Waals surface area contributed by atoms with Crippen LogP contribution in [0, 0.1) is 32.8 Å². The third kappa shape index (κ3) is 1.56. The van der Waals surface area contributed by atoms with E-state index in [-0.39, 0.29) is 22.5 Å². The molecular weight excluding hydrogens is 236 g/mol. The Kier molecular flexibility index (Phi) is 2.51. The summed E-state index contributed by atoms with van der Waals surface area (Å²) in [6.45, 7) is 0. The van der Waals surface area contributed by atoms with E-state index in [1.807, 2.05) is 0 Å². The van der Waals surface area contributed by atoms with Crippen LogP contribution >= 0.6 is 0 Å². The van der Waals surface area contributed by atoms with Crippen molar-refractivity contribution in [1.82, 2.24) is 5.32 Å². The number of nitrogens with one attached hydrogen (secondary N) is 1. The second-order valence-corrected chi connectivity index (χ2v) is 3.41. The van der Waals surface area contributed by atoms with Crippen LogP contribution in [0.5, 0.6) is 0 Å². The number of carbonyl (C=O) groups is 1. The highest BCUT2D eigenvalue weighted by Crippen LogP contribution is 2.29. The van der Waals surface area contributed by atoms with Gasteiger partial charge < -0.3 is 5.32 Å². The summed E-state index contributed by atoms with van der Waals surface area (Å²) in [6.07, 6.45) is 0. The van der Waals surface area contributed by atoms with Crippen LogP contribution in [0.2, 0.25) is 0 Å². The van der Waals surface area contributed by atoms with Crippen LogP contribution in [0.4, 0.5) is 5.69 Å². The molecule has 0 fully saturated rings. The molecule has 0 atom stereocenters. The highest BCUT2D eigenvalue weighted by Gasteiger charge is 2.28. The van der Waals surface area contributed by atoms with Crippen LogP contribution in [0.1, 0.15) is 15.9 Å². The fourth-order valence-corrected chi connectivity index (χ4v) is 1.63. The van der Waals surface area contributed by atoms with Crippen LogP contribution in [0.15, 0.2) is 23.8 Å². The van der Waals surface area contributed by atoms with Gasteiger partial charge in [-0.15, -0.1) is 0 Å². The summed E-state index contributed by atoms with van der Waals surface area (Å²) in [6, 6.07) is 7.00. The summed E-state index contributed by atoms with van der Waals surface area (Å²) >= 11 is 0. The topological polar surface area (TPSA) is 120 Å². The minimum absolute atomic E-state index is 0.0854. The maximum atomic E-state index is 11.6. The molecule has 1 aliphatic heterocycles. The molecule has 0 aliphatic carbocycles. The predicted octanol–water partition coefficient (Wildman–Crippen LogP) is 1.10. The molecule has 0 spiro atoms. The van der Waals surface area contributed by atoms with Crippen molar-refractivity contribution >= 4 is 17.3 Å². The van der Waals surface area contributed by atoms with E-state index in [2.05, 4.69) is 5.32 Å². The number of non-ortho nitro benzene ring substituents is 1. The summed E-state index contributed by atoms with van der Waals surface area (Å²) in [5, 5.41) is 30.5. The van der Waals surface area contributed by atoms with E-state index in [0.717, 1.165) is 6.07 Å². The molecule has 1 aromatic rings. The summed E-state index contributed by atoms with van der Waals surface area (Å²) in [4.78, 5) is 21.6. The van der Waals surface area contributed by atoms with Crippen molar-refractivity contribution in [3.63, 3.8) is 0 Å². The zero-order valence-corrected chi connectivity index (χ0v) is 8.80. The molecule has 0 radical (unpaired) electrons. The van der Waals surface area contributed by atoms with E-state index in [9.17, 15) is 14.9 Å². The lowest BCUT2D eigenvalue weighted by atomic mass is 10.0. The lowest BCUT2D eigenvalue weighted by Gasteiger charge is -1.98. The number of nitrogens with zero attached hydrogens (tertiary/aromatic N) is 3. The van der Waals surface area contributed by atoms with Crippen molar-refractivity contribution in [1.29, 1.82) is 10.5 Å². The molecule has 0 unspecified atom stereocenters. The Bertz CT molecular complexity index is 675. The molecule has 0 bridgehead atoms. The Morgan fingerprint density at radius 3 is 2.50 bits per heavy atom. The van der Waals surface area contributed by atoms with E-state index in [1.165, 1.54) is 12.1 Å². The van der Waals surface area contributed by atoms with Crippen LogP contribution in [-0.2, 0) is 0 Å². The third-order valence-corrected chi connectivity index (χ3v) is 2.44. The first-order valence-electron chi connectivity index (χ1n) is 4.73. The summed E-state index contributed by atoms with van der Waals surface area (Å²) in [7, 11) is 0. The van der Waals surface area contributed by atoms with Crippen molar-refractivity contribution in [2.45, 2.75) is 0 Å².